The summed E-state index contributed by atoms with van der Waals surface area (Å²) < 4.78 is 5.24. The van der Waals surface area contributed by atoms with Gasteiger partial charge in [-0.15, -0.1) is 0 Å². The summed E-state index contributed by atoms with van der Waals surface area (Å²) in [7, 11) is 3.86. The molecule has 0 aliphatic carbocycles. The molecule has 2 N–H and O–H groups in total. The van der Waals surface area contributed by atoms with Crippen molar-refractivity contribution in [1.29, 1.82) is 0 Å². The van der Waals surface area contributed by atoms with Crippen LogP contribution in [0.4, 0.5) is 17.3 Å². The van der Waals surface area contributed by atoms with Crippen LogP contribution in [0.15, 0.2) is 60.7 Å². The lowest BCUT2D eigenvalue weighted by Gasteiger charge is -2.34. The average Bonchev–Trinajstić information content (AvgIpc) is 3.35. The van der Waals surface area contributed by atoms with Gasteiger partial charge in [-0.25, -0.2) is 4.98 Å². The monoisotopic (exact) mass is 511 g/mol. The van der Waals surface area contributed by atoms with Gasteiger partial charge in [0.05, 0.1) is 18.2 Å². The van der Waals surface area contributed by atoms with Crippen molar-refractivity contribution < 1.29 is 4.74 Å². The molecule has 0 unspecified atom stereocenters. The smallest absolute Gasteiger partial charge is 0.229 e. The van der Waals surface area contributed by atoms with Crippen LogP contribution in [0.5, 0.6) is 5.75 Å². The Morgan fingerprint density at radius 2 is 1.68 bits per heavy atom. The van der Waals surface area contributed by atoms with Crippen LogP contribution in [0, 0.1) is 6.92 Å². The summed E-state index contributed by atoms with van der Waals surface area (Å²) in [6, 6.07) is 16.7. The first-order valence-electron chi connectivity index (χ1n) is 13.3. The number of likely N-dealkylation sites (N-methyl/N-ethyl adjacent to an activating group) is 1. The molecule has 5 rings (SSSR count). The molecular formula is C30H37N7O. The summed E-state index contributed by atoms with van der Waals surface area (Å²) in [5.41, 5.74) is 7.39. The molecule has 4 aromatic rings. The van der Waals surface area contributed by atoms with Gasteiger partial charge in [0.2, 0.25) is 5.95 Å². The van der Waals surface area contributed by atoms with Crippen molar-refractivity contribution >= 4 is 28.4 Å². The third-order valence-electron chi connectivity index (χ3n) is 7.32. The van der Waals surface area contributed by atoms with E-state index in [0.717, 1.165) is 80.1 Å². The summed E-state index contributed by atoms with van der Waals surface area (Å²) in [6.45, 7) is 10.6. The Bertz CT molecular complexity index is 1370. The van der Waals surface area contributed by atoms with Crippen LogP contribution in [-0.4, -0.2) is 65.4 Å². The highest BCUT2D eigenvalue weighted by Crippen LogP contribution is 2.25. The molecule has 2 aromatic carbocycles. The SMILES string of the molecule is C=C(CCc1ccc(OC)cc1)CCc1[nH]nc2nc(Nc3ccc(N4CCN(C)CC4)cc3)nc(C)c12. The van der Waals surface area contributed by atoms with Crippen molar-refractivity contribution in [2.75, 3.05) is 50.6 Å². The van der Waals surface area contributed by atoms with Crippen LogP contribution in [0.1, 0.15) is 29.8 Å². The number of anilines is 3. The van der Waals surface area contributed by atoms with Crippen LogP contribution < -0.4 is 15.0 Å². The predicted octanol–water partition coefficient (Wildman–Crippen LogP) is 5.29. The second-order valence-corrected chi connectivity index (χ2v) is 10.1. The minimum Gasteiger partial charge on any atom is -0.497 e. The second-order valence-electron chi connectivity index (χ2n) is 10.1. The molecular weight excluding hydrogens is 474 g/mol. The normalized spacial score (nSPS) is 14.1. The van der Waals surface area contributed by atoms with Crippen molar-refractivity contribution in [2.45, 2.75) is 32.6 Å². The first kappa shape index (κ1) is 25.7. The van der Waals surface area contributed by atoms with Crippen molar-refractivity contribution in [1.82, 2.24) is 25.1 Å². The summed E-state index contributed by atoms with van der Waals surface area (Å²) in [4.78, 5) is 14.2. The molecule has 0 spiro atoms. The highest BCUT2D eigenvalue weighted by Gasteiger charge is 2.15. The number of allylic oxidation sites excluding steroid dienone is 1. The van der Waals surface area contributed by atoms with E-state index in [1.54, 1.807) is 7.11 Å². The number of nitrogens with one attached hydrogen (secondary N) is 2. The van der Waals surface area contributed by atoms with Gasteiger partial charge in [-0.3, -0.25) is 5.10 Å². The van der Waals surface area contributed by atoms with Crippen LogP contribution >= 0.6 is 0 Å². The van der Waals surface area contributed by atoms with Gasteiger partial charge in [-0.2, -0.15) is 10.1 Å². The van der Waals surface area contributed by atoms with E-state index in [4.69, 9.17) is 9.72 Å². The second kappa shape index (κ2) is 11.6. The van der Waals surface area contributed by atoms with Crippen molar-refractivity contribution in [2.24, 2.45) is 0 Å². The fourth-order valence-electron chi connectivity index (χ4n) is 4.89. The van der Waals surface area contributed by atoms with Gasteiger partial charge < -0.3 is 19.9 Å². The van der Waals surface area contributed by atoms with Gasteiger partial charge in [-0.1, -0.05) is 24.3 Å². The van der Waals surface area contributed by atoms with Crippen molar-refractivity contribution in [3.8, 4) is 5.75 Å². The molecule has 0 bridgehead atoms. The van der Waals surface area contributed by atoms with Gasteiger partial charge in [0, 0.05) is 43.2 Å². The molecule has 0 amide bonds. The fraction of sp³-hybridized carbons (Fsp3) is 0.367. The lowest BCUT2D eigenvalue weighted by molar-refractivity contribution is 0.313. The maximum absolute atomic E-state index is 5.24. The van der Waals surface area contributed by atoms with E-state index in [9.17, 15) is 0 Å². The molecule has 2 aromatic heterocycles. The number of hydrogen-bond acceptors (Lipinski definition) is 7. The van der Waals surface area contributed by atoms with Crippen molar-refractivity contribution in [3.63, 3.8) is 0 Å². The molecule has 198 valence electrons. The van der Waals surface area contributed by atoms with E-state index < -0.39 is 0 Å². The average molecular weight is 512 g/mol. The number of H-pyrrole nitrogens is 1. The summed E-state index contributed by atoms with van der Waals surface area (Å²) in [5.74, 6) is 1.44. The van der Waals surface area contributed by atoms with Gasteiger partial charge in [0.25, 0.3) is 0 Å². The molecule has 1 saturated heterocycles. The Hall–Kier alpha value is -3.91. The zero-order valence-electron chi connectivity index (χ0n) is 22.6. The molecule has 0 atom stereocenters. The number of aromatic amines is 1. The number of aromatic nitrogens is 4. The standard InChI is InChI=1S/C30H37N7O/c1-21(5-7-23-8-14-26(38-4)15-9-23)6-16-27-28-22(2)31-30(33-29(28)35-34-27)32-24-10-12-25(13-11-24)37-19-17-36(3)18-20-37/h8-15H,1,5-7,16-20H2,2-4H3,(H2,31,32,33,34,35). The number of ether oxygens (including phenoxy) is 1. The Morgan fingerprint density at radius 1 is 0.974 bits per heavy atom. The highest BCUT2D eigenvalue weighted by atomic mass is 16.5. The Morgan fingerprint density at radius 3 is 2.39 bits per heavy atom. The molecule has 0 radical (unpaired) electrons. The quantitative estimate of drug-likeness (QED) is 0.280. The first-order chi connectivity index (χ1) is 18.5. The van der Waals surface area contributed by atoms with Crippen LogP contribution in [0.25, 0.3) is 11.0 Å². The summed E-state index contributed by atoms with van der Waals surface area (Å²) in [5, 5.41) is 12.0. The fourth-order valence-corrected chi connectivity index (χ4v) is 4.89. The number of piperazine rings is 1. The number of aryl methyl sites for hydroxylation is 3. The van der Waals surface area contributed by atoms with Gasteiger partial charge in [-0.05, 0) is 81.6 Å². The van der Waals surface area contributed by atoms with E-state index in [0.29, 0.717) is 11.6 Å². The zero-order chi connectivity index (χ0) is 26.5. The third kappa shape index (κ3) is 6.14. The van der Waals surface area contributed by atoms with Gasteiger partial charge in [0.1, 0.15) is 5.75 Å². The highest BCUT2D eigenvalue weighted by molar-refractivity contribution is 5.81. The van der Waals surface area contributed by atoms with Gasteiger partial charge in [0.15, 0.2) is 5.65 Å². The minimum atomic E-state index is 0.560. The summed E-state index contributed by atoms with van der Waals surface area (Å²) >= 11 is 0. The molecule has 8 heteroatoms. The third-order valence-corrected chi connectivity index (χ3v) is 7.32. The molecule has 1 aliphatic rings. The van der Waals surface area contributed by atoms with Crippen LogP contribution in [0.3, 0.4) is 0 Å². The number of nitrogens with zero attached hydrogens (tertiary/aromatic N) is 5. The molecule has 38 heavy (non-hydrogen) atoms. The first-order valence-corrected chi connectivity index (χ1v) is 13.3. The van der Waals surface area contributed by atoms with E-state index in [-0.39, 0.29) is 0 Å². The maximum Gasteiger partial charge on any atom is 0.229 e. The molecule has 1 aliphatic heterocycles. The zero-order valence-corrected chi connectivity index (χ0v) is 22.6. The Balaban J connectivity index is 1.17. The van der Waals surface area contributed by atoms with Crippen molar-refractivity contribution in [3.05, 3.63) is 77.6 Å². The van der Waals surface area contributed by atoms with Gasteiger partial charge >= 0.3 is 0 Å². The van der Waals surface area contributed by atoms with Crippen LogP contribution in [-0.2, 0) is 12.8 Å². The predicted molar refractivity (Wildman–Crippen MR) is 155 cm³/mol. The maximum atomic E-state index is 5.24. The minimum absolute atomic E-state index is 0.560. The summed E-state index contributed by atoms with van der Waals surface area (Å²) in [6.07, 6.45) is 3.66. The van der Waals surface area contributed by atoms with E-state index in [1.165, 1.54) is 16.8 Å². The number of methoxy groups -OCH3 is 1. The lowest BCUT2D eigenvalue weighted by atomic mass is 10.0. The number of rotatable bonds is 10. The Kier molecular flexibility index (Phi) is 7.89. The topological polar surface area (TPSA) is 82.2 Å². The lowest BCUT2D eigenvalue weighted by Crippen LogP contribution is -2.44. The van der Waals surface area contributed by atoms with E-state index in [1.807, 2.05) is 19.1 Å². The molecule has 1 fully saturated rings. The van der Waals surface area contributed by atoms with E-state index >= 15 is 0 Å². The molecule has 3 heterocycles. The number of hydrogen-bond donors (Lipinski definition) is 2. The largest absolute Gasteiger partial charge is 0.497 e. The Labute approximate surface area is 224 Å². The van der Waals surface area contributed by atoms with Crippen LogP contribution in [0.2, 0.25) is 0 Å². The number of benzene rings is 2. The van der Waals surface area contributed by atoms with E-state index in [2.05, 4.69) is 80.3 Å². The molecule has 0 saturated carbocycles. The number of fused-ring (bicyclic) bond motifs is 1. The molecule has 8 nitrogen and oxygen atoms in total.